The van der Waals surface area contributed by atoms with Gasteiger partial charge < -0.3 is 26.2 Å². The molecular weight excluding hydrogens is 390 g/mol. The lowest BCUT2D eigenvalue weighted by Crippen LogP contribution is -2.59. The molecular formula is C22H23NO7. The number of primary amides is 1. The van der Waals surface area contributed by atoms with Crippen LogP contribution in [-0.2, 0) is 14.4 Å². The summed E-state index contributed by atoms with van der Waals surface area (Å²) in [7, 11) is 0. The molecule has 0 aromatic heterocycles. The first-order valence-electron chi connectivity index (χ1n) is 9.84. The number of phenols is 1. The Labute approximate surface area is 172 Å². The number of hydrogen-bond donors (Lipinski definition) is 5. The molecule has 8 heteroatoms. The number of hydrogen-bond acceptors (Lipinski definition) is 7. The number of amides is 1. The van der Waals surface area contributed by atoms with Gasteiger partial charge in [-0.25, -0.2) is 0 Å². The Hall–Kier alpha value is -3.13. The molecule has 1 amide bonds. The SMILES string of the molecule is CC[C@]12C(=O)C3=C(O)c4c(O)cccc4[C@H](C)[C@H]3[C@@H](O)[C@@H]1CC(=O)C(C(N)=O)=C2O. The van der Waals surface area contributed by atoms with Crippen LogP contribution in [-0.4, -0.2) is 44.0 Å². The topological polar surface area (TPSA) is 158 Å². The fraction of sp³-hybridized carbons (Fsp3) is 0.409. The summed E-state index contributed by atoms with van der Waals surface area (Å²) in [6.07, 6.45) is -1.60. The number of phenolic OH excluding ortho intramolecular Hbond substituents is 1. The maximum Gasteiger partial charge on any atom is 0.255 e. The van der Waals surface area contributed by atoms with Gasteiger partial charge in [-0.2, -0.15) is 0 Å². The number of fused-ring (bicyclic) bond motifs is 3. The van der Waals surface area contributed by atoms with Crippen molar-refractivity contribution in [2.24, 2.45) is 23.0 Å². The summed E-state index contributed by atoms with van der Waals surface area (Å²) in [6.45, 7) is 3.36. The molecule has 4 rings (SSSR count). The molecule has 30 heavy (non-hydrogen) atoms. The highest BCUT2D eigenvalue weighted by atomic mass is 16.3. The van der Waals surface area contributed by atoms with Crippen LogP contribution in [0.1, 0.15) is 43.7 Å². The van der Waals surface area contributed by atoms with Gasteiger partial charge in [-0.15, -0.1) is 0 Å². The predicted octanol–water partition coefficient (Wildman–Crippen LogP) is 1.62. The molecule has 0 saturated heterocycles. The molecule has 1 fully saturated rings. The quantitative estimate of drug-likeness (QED) is 0.461. The Bertz CT molecular complexity index is 1070. The van der Waals surface area contributed by atoms with Crippen molar-refractivity contribution in [2.45, 2.75) is 38.7 Å². The van der Waals surface area contributed by atoms with E-state index in [0.717, 1.165) is 0 Å². The normalized spacial score (nSPS) is 33.2. The van der Waals surface area contributed by atoms with Crippen molar-refractivity contribution in [1.29, 1.82) is 0 Å². The summed E-state index contributed by atoms with van der Waals surface area (Å²) in [5.41, 5.74) is 3.43. The number of rotatable bonds is 2. The lowest BCUT2D eigenvalue weighted by Gasteiger charge is -2.52. The van der Waals surface area contributed by atoms with Gasteiger partial charge in [0.15, 0.2) is 11.6 Å². The van der Waals surface area contributed by atoms with Crippen molar-refractivity contribution in [3.8, 4) is 5.75 Å². The maximum atomic E-state index is 13.8. The molecule has 0 aliphatic heterocycles. The van der Waals surface area contributed by atoms with Gasteiger partial charge in [0.25, 0.3) is 5.91 Å². The fourth-order valence-electron chi connectivity index (χ4n) is 5.69. The summed E-state index contributed by atoms with van der Waals surface area (Å²) in [5, 5.41) is 43.5. The molecule has 1 aromatic rings. The van der Waals surface area contributed by atoms with E-state index in [-0.39, 0.29) is 29.7 Å². The molecule has 0 heterocycles. The minimum Gasteiger partial charge on any atom is -0.510 e. The average molecular weight is 413 g/mol. The number of nitrogens with two attached hydrogens (primary N) is 1. The number of benzene rings is 1. The first kappa shape index (κ1) is 20.2. The minimum atomic E-state index is -1.76. The van der Waals surface area contributed by atoms with Gasteiger partial charge in [0.2, 0.25) is 0 Å². The highest BCUT2D eigenvalue weighted by Gasteiger charge is 2.64. The Morgan fingerprint density at radius 2 is 1.90 bits per heavy atom. The zero-order valence-electron chi connectivity index (χ0n) is 16.5. The van der Waals surface area contributed by atoms with Gasteiger partial charge in [0.05, 0.1) is 17.1 Å². The molecule has 6 N–H and O–H groups in total. The summed E-state index contributed by atoms with van der Waals surface area (Å²) < 4.78 is 0. The fourth-order valence-corrected chi connectivity index (χ4v) is 5.69. The Balaban J connectivity index is 2.05. The summed E-state index contributed by atoms with van der Waals surface area (Å²) in [6, 6.07) is 4.68. The second kappa shape index (κ2) is 6.43. The van der Waals surface area contributed by atoms with E-state index in [2.05, 4.69) is 0 Å². The van der Waals surface area contributed by atoms with Gasteiger partial charge in [0, 0.05) is 23.8 Å². The summed E-state index contributed by atoms with van der Waals surface area (Å²) >= 11 is 0. The number of ketones is 2. The van der Waals surface area contributed by atoms with Crippen LogP contribution in [0.5, 0.6) is 5.75 Å². The third kappa shape index (κ3) is 2.22. The molecule has 0 bridgehead atoms. The monoisotopic (exact) mass is 413 g/mol. The number of aliphatic hydroxyl groups is 3. The number of Topliss-reactive ketones (excluding diaryl/α,β-unsaturated/α-hetero) is 2. The van der Waals surface area contributed by atoms with Crippen LogP contribution in [0.3, 0.4) is 0 Å². The van der Waals surface area contributed by atoms with Gasteiger partial charge in [-0.3, -0.25) is 14.4 Å². The van der Waals surface area contributed by atoms with E-state index in [4.69, 9.17) is 5.73 Å². The summed E-state index contributed by atoms with van der Waals surface area (Å²) in [4.78, 5) is 38.1. The van der Waals surface area contributed by atoms with E-state index in [1.165, 1.54) is 6.07 Å². The largest absolute Gasteiger partial charge is 0.510 e. The van der Waals surface area contributed by atoms with E-state index >= 15 is 0 Å². The van der Waals surface area contributed by atoms with Crippen LogP contribution in [0, 0.1) is 17.3 Å². The smallest absolute Gasteiger partial charge is 0.255 e. The van der Waals surface area contributed by atoms with E-state index in [1.54, 1.807) is 26.0 Å². The predicted molar refractivity (Wildman–Crippen MR) is 105 cm³/mol. The van der Waals surface area contributed by atoms with Crippen LogP contribution in [0.15, 0.2) is 35.1 Å². The first-order chi connectivity index (χ1) is 14.1. The van der Waals surface area contributed by atoms with Crippen LogP contribution in [0.25, 0.3) is 5.76 Å². The van der Waals surface area contributed by atoms with Crippen molar-refractivity contribution >= 4 is 23.2 Å². The Kier molecular flexibility index (Phi) is 4.32. The molecule has 0 radical (unpaired) electrons. The highest BCUT2D eigenvalue weighted by molar-refractivity contribution is 6.22. The molecule has 8 nitrogen and oxygen atoms in total. The van der Waals surface area contributed by atoms with E-state index in [9.17, 15) is 34.8 Å². The van der Waals surface area contributed by atoms with Crippen LogP contribution in [0.4, 0.5) is 0 Å². The van der Waals surface area contributed by atoms with Gasteiger partial charge in [0.1, 0.15) is 22.8 Å². The lowest BCUT2D eigenvalue weighted by atomic mass is 9.50. The standard InChI is InChI=1S/C22H23NO7/c1-3-22-10(7-12(25)15(19(22)28)21(23)30)17(26)13-8(2)9-5-4-6-11(24)14(9)18(27)16(13)20(22)29/h4-6,8,10,13,17,24,26-28H,3,7H2,1-2H3,(H2,23,30)/t8-,10-,13+,17-,22-/m0/s1. The molecule has 5 atom stereocenters. The maximum absolute atomic E-state index is 13.8. The minimum absolute atomic E-state index is 0.0189. The van der Waals surface area contributed by atoms with Crippen molar-refractivity contribution in [3.63, 3.8) is 0 Å². The zero-order chi connectivity index (χ0) is 22.1. The number of aliphatic hydroxyl groups excluding tert-OH is 3. The number of allylic oxidation sites excluding steroid dienone is 1. The molecule has 3 aliphatic rings. The number of carbonyl (C=O) groups is 3. The second-order valence-electron chi connectivity index (χ2n) is 8.28. The number of aromatic hydroxyl groups is 1. The van der Waals surface area contributed by atoms with Gasteiger partial charge in [-0.05, 0) is 24.0 Å². The molecule has 1 aromatic carbocycles. The first-order valence-corrected chi connectivity index (χ1v) is 9.84. The van der Waals surface area contributed by atoms with Crippen LogP contribution >= 0.6 is 0 Å². The zero-order valence-corrected chi connectivity index (χ0v) is 16.5. The average Bonchev–Trinajstić information content (AvgIpc) is 2.68. The van der Waals surface area contributed by atoms with E-state index < -0.39 is 63.8 Å². The van der Waals surface area contributed by atoms with Crippen molar-refractivity contribution in [3.05, 3.63) is 46.2 Å². The molecule has 1 saturated carbocycles. The van der Waals surface area contributed by atoms with Crippen LogP contribution < -0.4 is 5.73 Å². The second-order valence-corrected chi connectivity index (χ2v) is 8.28. The molecule has 0 unspecified atom stereocenters. The van der Waals surface area contributed by atoms with E-state index in [1.807, 2.05) is 0 Å². The van der Waals surface area contributed by atoms with Gasteiger partial charge in [-0.1, -0.05) is 26.0 Å². The van der Waals surface area contributed by atoms with E-state index in [0.29, 0.717) is 5.56 Å². The Morgan fingerprint density at radius 1 is 1.23 bits per heavy atom. The molecule has 158 valence electrons. The van der Waals surface area contributed by atoms with Crippen molar-refractivity contribution in [2.75, 3.05) is 0 Å². The third-order valence-electron chi connectivity index (χ3n) is 7.14. The van der Waals surface area contributed by atoms with Crippen LogP contribution in [0.2, 0.25) is 0 Å². The number of carbonyl (C=O) groups excluding carboxylic acids is 3. The lowest BCUT2D eigenvalue weighted by molar-refractivity contribution is -0.145. The Morgan fingerprint density at radius 3 is 2.50 bits per heavy atom. The highest BCUT2D eigenvalue weighted by Crippen LogP contribution is 2.59. The molecule has 0 spiro atoms. The van der Waals surface area contributed by atoms with Crippen molar-refractivity contribution < 1.29 is 34.8 Å². The molecule has 3 aliphatic carbocycles. The summed E-state index contributed by atoms with van der Waals surface area (Å²) in [5.74, 6) is -6.25. The van der Waals surface area contributed by atoms with Crippen molar-refractivity contribution in [1.82, 2.24) is 0 Å². The third-order valence-corrected chi connectivity index (χ3v) is 7.14. The van der Waals surface area contributed by atoms with Gasteiger partial charge >= 0.3 is 0 Å².